The minimum absolute atomic E-state index is 0.0263. The smallest absolute Gasteiger partial charge is 0.253 e. The number of amides is 1. The molecule has 2 N–H and O–H groups in total. The van der Waals surface area contributed by atoms with Crippen LogP contribution in [-0.2, 0) is 0 Å². The zero-order valence-electron chi connectivity index (χ0n) is 9.33. The minimum Gasteiger partial charge on any atom is -0.337 e. The van der Waals surface area contributed by atoms with Gasteiger partial charge in [0.25, 0.3) is 5.91 Å². The van der Waals surface area contributed by atoms with Gasteiger partial charge in [-0.3, -0.25) is 4.79 Å². The number of carbonyl (C=O) groups is 1. The fraction of sp³-hybridized carbons (Fsp3) is 0.417. The number of nitrogens with zero attached hydrogens (tertiary/aromatic N) is 1. The maximum Gasteiger partial charge on any atom is 0.253 e. The van der Waals surface area contributed by atoms with E-state index in [-0.39, 0.29) is 11.9 Å². The SMILES string of the molecule is N[C@@H]1CCCN(C(=O)c2ccc(I)c(Cl)c2)C1. The first-order chi connectivity index (χ1) is 8.08. The molecule has 0 aliphatic carbocycles. The molecule has 1 fully saturated rings. The number of piperidine rings is 1. The molecule has 1 atom stereocenters. The average molecular weight is 365 g/mol. The normalized spacial score (nSPS) is 20.4. The predicted molar refractivity (Wildman–Crippen MR) is 77.3 cm³/mol. The number of hydrogen-bond donors (Lipinski definition) is 1. The van der Waals surface area contributed by atoms with Crippen molar-refractivity contribution in [2.75, 3.05) is 13.1 Å². The molecule has 1 aliphatic heterocycles. The highest BCUT2D eigenvalue weighted by Crippen LogP contribution is 2.21. The Morgan fingerprint density at radius 1 is 1.53 bits per heavy atom. The van der Waals surface area contributed by atoms with Crippen LogP contribution in [0.3, 0.4) is 0 Å². The maximum absolute atomic E-state index is 12.2. The predicted octanol–water partition coefficient (Wildman–Crippen LogP) is 2.51. The van der Waals surface area contributed by atoms with Crippen LogP contribution in [0.1, 0.15) is 23.2 Å². The molecule has 0 radical (unpaired) electrons. The Labute approximate surface area is 119 Å². The van der Waals surface area contributed by atoms with Crippen molar-refractivity contribution >= 4 is 40.1 Å². The van der Waals surface area contributed by atoms with Gasteiger partial charge in [-0.15, -0.1) is 0 Å². The van der Waals surface area contributed by atoms with Crippen LogP contribution in [-0.4, -0.2) is 29.9 Å². The van der Waals surface area contributed by atoms with Gasteiger partial charge in [0, 0.05) is 28.3 Å². The van der Waals surface area contributed by atoms with Gasteiger partial charge in [-0.2, -0.15) is 0 Å². The van der Waals surface area contributed by atoms with Gasteiger partial charge in [-0.1, -0.05) is 11.6 Å². The number of benzene rings is 1. The number of hydrogen-bond acceptors (Lipinski definition) is 2. The highest BCUT2D eigenvalue weighted by Gasteiger charge is 2.22. The highest BCUT2D eigenvalue weighted by molar-refractivity contribution is 14.1. The van der Waals surface area contributed by atoms with Gasteiger partial charge >= 0.3 is 0 Å². The number of halogens is 2. The van der Waals surface area contributed by atoms with Crippen LogP contribution >= 0.6 is 34.2 Å². The quantitative estimate of drug-likeness (QED) is 0.778. The molecule has 0 unspecified atom stereocenters. The van der Waals surface area contributed by atoms with Crippen LogP contribution in [0.2, 0.25) is 5.02 Å². The third-order valence-electron chi connectivity index (χ3n) is 2.91. The van der Waals surface area contributed by atoms with Crippen LogP contribution in [0.15, 0.2) is 18.2 Å². The second-order valence-corrected chi connectivity index (χ2v) is 5.85. The molecule has 17 heavy (non-hydrogen) atoms. The van der Waals surface area contributed by atoms with Crippen molar-refractivity contribution in [3.63, 3.8) is 0 Å². The Hall–Kier alpha value is -0.330. The van der Waals surface area contributed by atoms with E-state index < -0.39 is 0 Å². The van der Waals surface area contributed by atoms with Crippen LogP contribution in [0.5, 0.6) is 0 Å². The van der Waals surface area contributed by atoms with Crippen LogP contribution in [0.4, 0.5) is 0 Å². The van der Waals surface area contributed by atoms with Gasteiger partial charge in [0.15, 0.2) is 0 Å². The molecule has 1 heterocycles. The van der Waals surface area contributed by atoms with E-state index in [1.54, 1.807) is 6.07 Å². The Morgan fingerprint density at radius 2 is 2.29 bits per heavy atom. The molecule has 0 bridgehead atoms. The van der Waals surface area contributed by atoms with E-state index in [1.165, 1.54) is 0 Å². The first kappa shape index (κ1) is 13.1. The first-order valence-corrected chi connectivity index (χ1v) is 7.03. The molecule has 92 valence electrons. The Kier molecular flexibility index (Phi) is 4.27. The van der Waals surface area contributed by atoms with E-state index >= 15 is 0 Å². The molecule has 1 aromatic rings. The molecule has 0 saturated carbocycles. The summed E-state index contributed by atoms with van der Waals surface area (Å²) in [6.07, 6.45) is 1.97. The number of carbonyl (C=O) groups excluding carboxylic acids is 1. The summed E-state index contributed by atoms with van der Waals surface area (Å²) in [6, 6.07) is 5.51. The summed E-state index contributed by atoms with van der Waals surface area (Å²) < 4.78 is 0.955. The summed E-state index contributed by atoms with van der Waals surface area (Å²) in [4.78, 5) is 14.0. The summed E-state index contributed by atoms with van der Waals surface area (Å²) in [5, 5.41) is 0.623. The van der Waals surface area contributed by atoms with E-state index in [2.05, 4.69) is 22.6 Å². The van der Waals surface area contributed by atoms with Crippen LogP contribution in [0, 0.1) is 3.57 Å². The summed E-state index contributed by atoms with van der Waals surface area (Å²) in [5.74, 6) is 0.0263. The molecule has 1 aliphatic rings. The monoisotopic (exact) mass is 364 g/mol. The average Bonchev–Trinajstić information content (AvgIpc) is 2.32. The second-order valence-electron chi connectivity index (χ2n) is 4.28. The summed E-state index contributed by atoms with van der Waals surface area (Å²) in [7, 11) is 0. The van der Waals surface area contributed by atoms with Crippen molar-refractivity contribution in [2.24, 2.45) is 5.73 Å². The molecule has 1 saturated heterocycles. The lowest BCUT2D eigenvalue weighted by atomic mass is 10.1. The minimum atomic E-state index is 0.0263. The molecule has 5 heteroatoms. The van der Waals surface area contributed by atoms with Crippen molar-refractivity contribution in [3.8, 4) is 0 Å². The fourth-order valence-electron chi connectivity index (χ4n) is 2.01. The van der Waals surface area contributed by atoms with Crippen molar-refractivity contribution in [1.82, 2.24) is 4.90 Å². The standard InChI is InChI=1S/C12H14ClIN2O/c13-10-6-8(3-4-11(10)14)12(17)16-5-1-2-9(15)7-16/h3-4,6,9H,1-2,5,7,15H2/t9-/m1/s1. The van der Waals surface area contributed by atoms with Gasteiger partial charge < -0.3 is 10.6 Å². The molecular formula is C12H14ClIN2O. The lowest BCUT2D eigenvalue weighted by Crippen LogP contribution is -2.45. The van der Waals surface area contributed by atoms with Gasteiger partial charge in [-0.05, 0) is 53.6 Å². The summed E-state index contributed by atoms with van der Waals surface area (Å²) in [5.41, 5.74) is 6.52. The topological polar surface area (TPSA) is 46.3 Å². The molecule has 0 aromatic heterocycles. The largest absolute Gasteiger partial charge is 0.337 e. The highest BCUT2D eigenvalue weighted by atomic mass is 127. The van der Waals surface area contributed by atoms with Gasteiger partial charge in [0.1, 0.15) is 0 Å². The second kappa shape index (κ2) is 5.54. The number of nitrogens with two attached hydrogens (primary N) is 1. The van der Waals surface area contributed by atoms with Crippen molar-refractivity contribution in [3.05, 3.63) is 32.4 Å². The lowest BCUT2D eigenvalue weighted by Gasteiger charge is -2.30. The zero-order valence-corrected chi connectivity index (χ0v) is 12.2. The van der Waals surface area contributed by atoms with Gasteiger partial charge in [-0.25, -0.2) is 0 Å². The molecule has 0 spiro atoms. The van der Waals surface area contributed by atoms with Gasteiger partial charge in [0.2, 0.25) is 0 Å². The van der Waals surface area contributed by atoms with E-state index in [9.17, 15) is 4.79 Å². The van der Waals surface area contributed by atoms with Crippen molar-refractivity contribution in [1.29, 1.82) is 0 Å². The molecule has 1 aromatic carbocycles. The van der Waals surface area contributed by atoms with Crippen LogP contribution < -0.4 is 5.73 Å². The molecule has 2 rings (SSSR count). The van der Waals surface area contributed by atoms with Crippen molar-refractivity contribution < 1.29 is 4.79 Å². The molecule has 3 nitrogen and oxygen atoms in total. The Morgan fingerprint density at radius 3 is 2.94 bits per heavy atom. The molecular weight excluding hydrogens is 351 g/mol. The van der Waals surface area contributed by atoms with Crippen LogP contribution in [0.25, 0.3) is 0 Å². The van der Waals surface area contributed by atoms with E-state index in [1.807, 2.05) is 17.0 Å². The number of rotatable bonds is 1. The molecule has 1 amide bonds. The summed E-state index contributed by atoms with van der Waals surface area (Å²) >= 11 is 8.17. The third-order valence-corrected chi connectivity index (χ3v) is 4.48. The van der Waals surface area contributed by atoms with Crippen molar-refractivity contribution in [2.45, 2.75) is 18.9 Å². The summed E-state index contributed by atoms with van der Waals surface area (Å²) in [6.45, 7) is 1.43. The van der Waals surface area contributed by atoms with Gasteiger partial charge in [0.05, 0.1) is 5.02 Å². The number of likely N-dealkylation sites (tertiary alicyclic amines) is 1. The first-order valence-electron chi connectivity index (χ1n) is 5.58. The van der Waals surface area contributed by atoms with E-state index in [4.69, 9.17) is 17.3 Å². The lowest BCUT2D eigenvalue weighted by molar-refractivity contribution is 0.0709. The third kappa shape index (κ3) is 3.11. The van der Waals surface area contributed by atoms with E-state index in [0.717, 1.165) is 23.0 Å². The Balaban J connectivity index is 2.15. The zero-order chi connectivity index (χ0) is 12.4. The maximum atomic E-state index is 12.2. The Bertz CT molecular complexity index is 439. The van der Waals surface area contributed by atoms with E-state index in [0.29, 0.717) is 17.1 Å². The fourth-order valence-corrected chi connectivity index (χ4v) is 2.52.